The van der Waals surface area contributed by atoms with Crippen LogP contribution in [0, 0.1) is 0 Å². The second-order valence-electron chi connectivity index (χ2n) is 5.95. The minimum Gasteiger partial charge on any atom is -0.324 e. The topological polar surface area (TPSA) is 61.4 Å². The molecule has 2 amide bonds. The minimum absolute atomic E-state index is 0.0700. The van der Waals surface area contributed by atoms with Crippen molar-refractivity contribution in [1.82, 2.24) is 4.90 Å². The van der Waals surface area contributed by atoms with E-state index in [1.807, 2.05) is 30.5 Å². The monoisotopic (exact) mass is 425 g/mol. The molecule has 0 radical (unpaired) electrons. The number of hydrogen-bond acceptors (Lipinski definition) is 4. The highest BCUT2D eigenvalue weighted by molar-refractivity contribution is 7.98. The molecule has 0 aliphatic heterocycles. The van der Waals surface area contributed by atoms with Gasteiger partial charge in [0.1, 0.15) is 0 Å². The van der Waals surface area contributed by atoms with Crippen molar-refractivity contribution in [3.63, 3.8) is 0 Å². The first-order valence-corrected chi connectivity index (χ1v) is 10.2. The second-order valence-corrected chi connectivity index (χ2v) is 7.64. The number of nitrogens with zero attached hydrogens (tertiary/aromatic N) is 1. The molecule has 1 unspecified atom stereocenters. The van der Waals surface area contributed by atoms with Gasteiger partial charge in [-0.2, -0.15) is 0 Å². The fourth-order valence-corrected chi connectivity index (χ4v) is 3.22. The number of likely N-dealkylation sites (N-methyl/N-ethyl adjacent to an activating group) is 1. The average molecular weight is 426 g/mol. The van der Waals surface area contributed by atoms with Crippen LogP contribution in [0.2, 0.25) is 10.0 Å². The van der Waals surface area contributed by atoms with E-state index in [0.29, 0.717) is 15.7 Å². The molecule has 2 N–H and O–H groups in total. The number of halogens is 2. The molecule has 0 saturated heterocycles. The zero-order valence-electron chi connectivity index (χ0n) is 15.3. The number of carbonyl (C=O) groups is 2. The highest BCUT2D eigenvalue weighted by Gasteiger charge is 2.21. The molecule has 8 heteroatoms. The van der Waals surface area contributed by atoms with Gasteiger partial charge in [-0.05, 0) is 50.6 Å². The SMILES string of the molecule is CSc1ccccc1NC(=O)CN(C)C(C)C(=O)Nc1cc(Cl)ccc1Cl. The molecule has 2 aromatic rings. The third-order valence-corrected chi connectivity index (χ3v) is 5.36. The quantitative estimate of drug-likeness (QED) is 0.635. The van der Waals surface area contributed by atoms with Gasteiger partial charge in [-0.15, -0.1) is 11.8 Å². The standard InChI is InChI=1S/C19H21Cl2N3O2S/c1-12(19(26)23-16-10-13(20)8-9-14(16)21)24(2)11-18(25)22-15-6-4-5-7-17(15)27-3/h4-10,12H,11H2,1-3H3,(H,22,25)(H,23,26). The van der Waals surface area contributed by atoms with Crippen molar-refractivity contribution >= 4 is 58.2 Å². The van der Waals surface area contributed by atoms with Crippen molar-refractivity contribution in [2.24, 2.45) is 0 Å². The molecule has 0 aliphatic carbocycles. The van der Waals surface area contributed by atoms with Gasteiger partial charge in [0, 0.05) is 9.92 Å². The van der Waals surface area contributed by atoms with E-state index in [1.165, 1.54) is 0 Å². The van der Waals surface area contributed by atoms with Crippen molar-refractivity contribution in [2.45, 2.75) is 17.9 Å². The Kier molecular flexibility index (Phi) is 7.98. The molecule has 0 spiro atoms. The number of anilines is 2. The van der Waals surface area contributed by atoms with Crippen LogP contribution in [-0.4, -0.2) is 42.6 Å². The number of rotatable bonds is 7. The first-order valence-electron chi connectivity index (χ1n) is 8.21. The fourth-order valence-electron chi connectivity index (χ4n) is 2.33. The molecule has 1 atom stereocenters. The van der Waals surface area contributed by atoms with Crippen molar-refractivity contribution in [1.29, 1.82) is 0 Å². The summed E-state index contributed by atoms with van der Waals surface area (Å²) in [6.07, 6.45) is 1.95. The summed E-state index contributed by atoms with van der Waals surface area (Å²) in [6.45, 7) is 1.79. The molecular weight excluding hydrogens is 405 g/mol. The Hall–Kier alpha value is -1.73. The number of nitrogens with one attached hydrogen (secondary N) is 2. The van der Waals surface area contributed by atoms with Crippen LogP contribution in [0.5, 0.6) is 0 Å². The van der Waals surface area contributed by atoms with Gasteiger partial charge in [0.2, 0.25) is 11.8 Å². The van der Waals surface area contributed by atoms with Gasteiger partial charge in [0.15, 0.2) is 0 Å². The molecule has 0 aromatic heterocycles. The van der Waals surface area contributed by atoms with Crippen LogP contribution in [0.25, 0.3) is 0 Å². The van der Waals surface area contributed by atoms with Crippen LogP contribution < -0.4 is 10.6 Å². The Morgan fingerprint density at radius 2 is 1.81 bits per heavy atom. The molecule has 0 heterocycles. The highest BCUT2D eigenvalue weighted by Crippen LogP contribution is 2.26. The van der Waals surface area contributed by atoms with Gasteiger partial charge in [-0.3, -0.25) is 14.5 Å². The lowest BCUT2D eigenvalue weighted by molar-refractivity contribution is -0.122. The summed E-state index contributed by atoms with van der Waals surface area (Å²) < 4.78 is 0. The number of amides is 2. The van der Waals surface area contributed by atoms with Crippen LogP contribution in [0.15, 0.2) is 47.4 Å². The minimum atomic E-state index is -0.540. The van der Waals surface area contributed by atoms with E-state index in [1.54, 1.807) is 48.8 Å². The van der Waals surface area contributed by atoms with Gasteiger partial charge < -0.3 is 10.6 Å². The van der Waals surface area contributed by atoms with Gasteiger partial charge in [0.05, 0.1) is 29.0 Å². The summed E-state index contributed by atoms with van der Waals surface area (Å²) in [7, 11) is 1.71. The van der Waals surface area contributed by atoms with Crippen molar-refractivity contribution in [3.05, 3.63) is 52.5 Å². The maximum Gasteiger partial charge on any atom is 0.241 e. The molecule has 0 saturated carbocycles. The number of thioether (sulfide) groups is 1. The van der Waals surface area contributed by atoms with Crippen LogP contribution in [0.1, 0.15) is 6.92 Å². The fraction of sp³-hybridized carbons (Fsp3) is 0.263. The summed E-state index contributed by atoms with van der Waals surface area (Å²) in [5.41, 5.74) is 1.19. The van der Waals surface area contributed by atoms with Crippen molar-refractivity contribution in [3.8, 4) is 0 Å². The normalized spacial score (nSPS) is 11.9. The lowest BCUT2D eigenvalue weighted by Gasteiger charge is -2.23. The molecule has 2 rings (SSSR count). The zero-order chi connectivity index (χ0) is 20.0. The molecule has 0 fully saturated rings. The Morgan fingerprint density at radius 1 is 1.11 bits per heavy atom. The molecule has 0 bridgehead atoms. The molecule has 144 valence electrons. The number of benzene rings is 2. The predicted molar refractivity (Wildman–Crippen MR) is 114 cm³/mol. The van der Waals surface area contributed by atoms with E-state index in [0.717, 1.165) is 10.6 Å². The van der Waals surface area contributed by atoms with E-state index in [-0.39, 0.29) is 18.4 Å². The molecular formula is C19H21Cl2N3O2S. The molecule has 0 aliphatic rings. The molecule has 2 aromatic carbocycles. The number of carbonyl (C=O) groups excluding carboxylic acids is 2. The smallest absolute Gasteiger partial charge is 0.241 e. The average Bonchev–Trinajstić information content (AvgIpc) is 2.64. The lowest BCUT2D eigenvalue weighted by atomic mass is 10.2. The third kappa shape index (κ3) is 6.14. The van der Waals surface area contributed by atoms with Crippen molar-refractivity contribution < 1.29 is 9.59 Å². The first kappa shape index (κ1) is 21.6. The first-order chi connectivity index (χ1) is 12.8. The highest BCUT2D eigenvalue weighted by atomic mass is 35.5. The zero-order valence-corrected chi connectivity index (χ0v) is 17.6. The predicted octanol–water partition coefficient (Wildman–Crippen LogP) is 4.61. The van der Waals surface area contributed by atoms with Gasteiger partial charge in [-0.25, -0.2) is 0 Å². The van der Waals surface area contributed by atoms with Gasteiger partial charge >= 0.3 is 0 Å². The summed E-state index contributed by atoms with van der Waals surface area (Å²) in [4.78, 5) is 27.4. The Morgan fingerprint density at radius 3 is 2.52 bits per heavy atom. The van der Waals surface area contributed by atoms with Crippen LogP contribution in [0.4, 0.5) is 11.4 Å². The van der Waals surface area contributed by atoms with Gasteiger partial charge in [-0.1, -0.05) is 35.3 Å². The van der Waals surface area contributed by atoms with Crippen LogP contribution in [0.3, 0.4) is 0 Å². The summed E-state index contributed by atoms with van der Waals surface area (Å²) in [5.74, 6) is -0.474. The Bertz CT molecular complexity index is 832. The van der Waals surface area contributed by atoms with E-state index < -0.39 is 6.04 Å². The van der Waals surface area contributed by atoms with E-state index >= 15 is 0 Å². The van der Waals surface area contributed by atoms with E-state index in [9.17, 15) is 9.59 Å². The summed E-state index contributed by atoms with van der Waals surface area (Å²) >= 11 is 13.6. The van der Waals surface area contributed by atoms with E-state index in [4.69, 9.17) is 23.2 Å². The number of para-hydroxylation sites is 1. The lowest BCUT2D eigenvalue weighted by Crippen LogP contribution is -2.43. The number of hydrogen-bond donors (Lipinski definition) is 2. The second kappa shape index (κ2) is 9.99. The molecule has 27 heavy (non-hydrogen) atoms. The van der Waals surface area contributed by atoms with Crippen LogP contribution >= 0.6 is 35.0 Å². The third-order valence-electron chi connectivity index (χ3n) is 4.00. The van der Waals surface area contributed by atoms with Crippen molar-refractivity contribution in [2.75, 3.05) is 30.5 Å². The molecule has 5 nitrogen and oxygen atoms in total. The summed E-state index contributed by atoms with van der Waals surface area (Å²) in [6, 6.07) is 11.9. The van der Waals surface area contributed by atoms with Crippen LogP contribution in [-0.2, 0) is 9.59 Å². The largest absolute Gasteiger partial charge is 0.324 e. The Balaban J connectivity index is 1.95. The summed E-state index contributed by atoms with van der Waals surface area (Å²) in [5, 5.41) is 6.49. The maximum absolute atomic E-state index is 12.5. The Labute approximate surface area is 173 Å². The maximum atomic E-state index is 12.5. The van der Waals surface area contributed by atoms with Gasteiger partial charge in [0.25, 0.3) is 0 Å². The van der Waals surface area contributed by atoms with E-state index in [2.05, 4.69) is 10.6 Å².